The molecule has 0 unspecified atom stereocenters. The van der Waals surface area contributed by atoms with Gasteiger partial charge in [-0.3, -0.25) is 4.79 Å². The smallest absolute Gasteiger partial charge is 0.410 e. The summed E-state index contributed by atoms with van der Waals surface area (Å²) in [6, 6.07) is 7.96. The van der Waals surface area contributed by atoms with Gasteiger partial charge in [0, 0.05) is 36.2 Å². The first-order valence-corrected chi connectivity index (χ1v) is 10.6. The summed E-state index contributed by atoms with van der Waals surface area (Å²) in [6.07, 6.45) is 7.28. The summed E-state index contributed by atoms with van der Waals surface area (Å²) >= 11 is 0. The van der Waals surface area contributed by atoms with E-state index in [0.717, 1.165) is 35.5 Å². The minimum atomic E-state index is -0.284. The largest absolute Gasteiger partial charge is 0.448 e. The number of likely N-dealkylation sites (tertiary alicyclic amines) is 1. The van der Waals surface area contributed by atoms with E-state index in [2.05, 4.69) is 21.3 Å². The normalized spacial score (nSPS) is 20.1. The summed E-state index contributed by atoms with van der Waals surface area (Å²) < 4.78 is 5.00. The number of benzene rings is 1. The predicted octanol–water partition coefficient (Wildman–Crippen LogP) is 3.10. The van der Waals surface area contributed by atoms with Crippen molar-refractivity contribution in [3.8, 4) is 0 Å². The zero-order valence-electron chi connectivity index (χ0n) is 16.9. The number of H-pyrrole nitrogens is 1. The van der Waals surface area contributed by atoms with Gasteiger partial charge in [0.1, 0.15) is 6.61 Å². The number of aromatic amines is 1. The van der Waals surface area contributed by atoms with Crippen LogP contribution < -0.4 is 5.32 Å². The second-order valence-corrected chi connectivity index (χ2v) is 8.19. The standard InChI is InChI=1S/C23H26N4O3/c28-22-20(13-18-11-16(14-24-18)5-8-26-6-1-2-7-26)19-12-17(3-4-21(19)25-22)15-27-9-10-30-23(27)29/h3-4,11-14,24H,1-2,5-10,15H2,(H,25,28). The summed E-state index contributed by atoms with van der Waals surface area (Å²) in [5, 5.41) is 2.93. The molecule has 0 aliphatic carbocycles. The molecule has 0 radical (unpaired) electrons. The average molecular weight is 406 g/mol. The highest BCUT2D eigenvalue weighted by Crippen LogP contribution is 2.34. The highest BCUT2D eigenvalue weighted by Gasteiger charge is 2.26. The Hall–Kier alpha value is -3.06. The van der Waals surface area contributed by atoms with E-state index in [0.29, 0.717) is 25.3 Å². The molecule has 4 heterocycles. The predicted molar refractivity (Wildman–Crippen MR) is 115 cm³/mol. The highest BCUT2D eigenvalue weighted by atomic mass is 16.6. The molecule has 0 spiro atoms. The van der Waals surface area contributed by atoms with Crippen LogP contribution in [0, 0.1) is 0 Å². The Morgan fingerprint density at radius 1 is 1.07 bits per heavy atom. The Balaban J connectivity index is 1.32. The fraction of sp³-hybridized carbons (Fsp3) is 0.391. The van der Waals surface area contributed by atoms with Crippen LogP contribution in [0.25, 0.3) is 11.6 Å². The van der Waals surface area contributed by atoms with Crippen LogP contribution in [-0.4, -0.2) is 59.6 Å². The van der Waals surface area contributed by atoms with E-state index in [4.69, 9.17) is 4.74 Å². The van der Waals surface area contributed by atoms with E-state index >= 15 is 0 Å². The number of hydrogen-bond donors (Lipinski definition) is 2. The SMILES string of the molecule is O=C1Nc2ccc(CN3CCOC3=O)cc2C1=Cc1cc(CCN2CCCC2)c[nH]1. The summed E-state index contributed by atoms with van der Waals surface area (Å²) in [4.78, 5) is 31.8. The third kappa shape index (κ3) is 3.85. The molecule has 156 valence electrons. The monoisotopic (exact) mass is 406 g/mol. The first-order chi connectivity index (χ1) is 14.7. The van der Waals surface area contributed by atoms with E-state index < -0.39 is 0 Å². The third-order valence-corrected chi connectivity index (χ3v) is 6.07. The number of ether oxygens (including phenoxy) is 1. The molecule has 0 saturated carbocycles. The van der Waals surface area contributed by atoms with Crippen LogP contribution in [0.5, 0.6) is 0 Å². The molecule has 7 nitrogen and oxygen atoms in total. The summed E-state index contributed by atoms with van der Waals surface area (Å²) in [5.74, 6) is -0.101. The summed E-state index contributed by atoms with van der Waals surface area (Å²) in [6.45, 7) is 5.00. The minimum absolute atomic E-state index is 0.101. The van der Waals surface area contributed by atoms with Gasteiger partial charge in [-0.15, -0.1) is 0 Å². The summed E-state index contributed by atoms with van der Waals surface area (Å²) in [5.41, 5.74) is 5.49. The van der Waals surface area contributed by atoms with Gasteiger partial charge in [-0.25, -0.2) is 4.79 Å². The van der Waals surface area contributed by atoms with Crippen molar-refractivity contribution in [1.29, 1.82) is 0 Å². The van der Waals surface area contributed by atoms with Crippen molar-refractivity contribution >= 4 is 29.3 Å². The Morgan fingerprint density at radius 2 is 1.93 bits per heavy atom. The van der Waals surface area contributed by atoms with Crippen molar-refractivity contribution in [2.45, 2.75) is 25.8 Å². The van der Waals surface area contributed by atoms with Gasteiger partial charge in [-0.1, -0.05) is 6.07 Å². The molecule has 3 aliphatic rings. The number of aromatic nitrogens is 1. The van der Waals surface area contributed by atoms with Gasteiger partial charge in [-0.05, 0) is 67.8 Å². The van der Waals surface area contributed by atoms with Crippen LogP contribution in [0.4, 0.5) is 10.5 Å². The molecular formula is C23H26N4O3. The molecule has 2 fully saturated rings. The third-order valence-electron chi connectivity index (χ3n) is 6.07. The first-order valence-electron chi connectivity index (χ1n) is 10.6. The molecule has 2 amide bonds. The lowest BCUT2D eigenvalue weighted by Crippen LogP contribution is -2.23. The van der Waals surface area contributed by atoms with Gasteiger partial charge in [0.2, 0.25) is 0 Å². The van der Waals surface area contributed by atoms with Crippen LogP contribution in [0.3, 0.4) is 0 Å². The van der Waals surface area contributed by atoms with Crippen LogP contribution in [0.15, 0.2) is 30.5 Å². The van der Waals surface area contributed by atoms with Crippen LogP contribution in [0.2, 0.25) is 0 Å². The lowest BCUT2D eigenvalue weighted by atomic mass is 10.0. The number of nitrogens with one attached hydrogen (secondary N) is 2. The lowest BCUT2D eigenvalue weighted by Gasteiger charge is -2.13. The Kier molecular flexibility index (Phi) is 5.04. The van der Waals surface area contributed by atoms with Crippen LogP contribution in [-0.2, 0) is 22.5 Å². The van der Waals surface area contributed by atoms with Crippen molar-refractivity contribution < 1.29 is 14.3 Å². The van der Waals surface area contributed by atoms with Gasteiger partial charge in [0.05, 0.1) is 12.1 Å². The van der Waals surface area contributed by atoms with E-state index in [1.54, 1.807) is 4.90 Å². The van der Waals surface area contributed by atoms with Crippen molar-refractivity contribution in [2.75, 3.05) is 38.1 Å². The molecule has 7 heteroatoms. The maximum Gasteiger partial charge on any atom is 0.410 e. The average Bonchev–Trinajstić information content (AvgIpc) is 3.52. The van der Waals surface area contributed by atoms with Gasteiger partial charge in [0.25, 0.3) is 5.91 Å². The number of fused-ring (bicyclic) bond motifs is 1. The van der Waals surface area contributed by atoms with E-state index in [-0.39, 0.29) is 12.0 Å². The fourth-order valence-electron chi connectivity index (χ4n) is 4.40. The number of hydrogen-bond acceptors (Lipinski definition) is 4. The van der Waals surface area contributed by atoms with Crippen molar-refractivity contribution in [3.05, 3.63) is 52.8 Å². The van der Waals surface area contributed by atoms with Crippen LogP contribution >= 0.6 is 0 Å². The minimum Gasteiger partial charge on any atom is -0.448 e. The molecule has 1 aromatic heterocycles. The number of carbonyl (C=O) groups excluding carboxylic acids is 2. The fourth-order valence-corrected chi connectivity index (χ4v) is 4.40. The van der Waals surface area contributed by atoms with Gasteiger partial charge in [0.15, 0.2) is 0 Å². The quantitative estimate of drug-likeness (QED) is 0.723. The molecule has 0 atom stereocenters. The van der Waals surface area contributed by atoms with Crippen molar-refractivity contribution in [1.82, 2.24) is 14.8 Å². The number of amides is 2. The number of anilines is 1. The van der Waals surface area contributed by atoms with E-state index in [1.165, 1.54) is 31.5 Å². The Labute approximate surface area is 175 Å². The molecule has 2 N–H and O–H groups in total. The number of cyclic esters (lactones) is 1. The molecule has 0 bridgehead atoms. The zero-order chi connectivity index (χ0) is 20.5. The van der Waals surface area contributed by atoms with Gasteiger partial charge >= 0.3 is 6.09 Å². The second kappa shape index (κ2) is 7.99. The maximum absolute atomic E-state index is 12.6. The molecule has 3 aliphatic heterocycles. The first kappa shape index (κ1) is 18.9. The van der Waals surface area contributed by atoms with E-state index in [1.807, 2.05) is 30.5 Å². The molecule has 5 rings (SSSR count). The van der Waals surface area contributed by atoms with Crippen molar-refractivity contribution in [2.24, 2.45) is 0 Å². The molecule has 30 heavy (non-hydrogen) atoms. The van der Waals surface area contributed by atoms with Gasteiger partial charge < -0.3 is 24.8 Å². The Bertz CT molecular complexity index is 1000. The number of carbonyl (C=O) groups is 2. The zero-order valence-corrected chi connectivity index (χ0v) is 16.9. The molecule has 2 saturated heterocycles. The van der Waals surface area contributed by atoms with Crippen molar-refractivity contribution in [3.63, 3.8) is 0 Å². The van der Waals surface area contributed by atoms with Gasteiger partial charge in [-0.2, -0.15) is 0 Å². The highest BCUT2D eigenvalue weighted by molar-refractivity contribution is 6.34. The maximum atomic E-state index is 12.6. The molecule has 2 aromatic rings. The van der Waals surface area contributed by atoms with Crippen LogP contribution in [0.1, 0.15) is 35.2 Å². The topological polar surface area (TPSA) is 77.7 Å². The summed E-state index contributed by atoms with van der Waals surface area (Å²) in [7, 11) is 0. The molecular weight excluding hydrogens is 380 g/mol. The molecule has 1 aromatic carbocycles. The van der Waals surface area contributed by atoms with E-state index in [9.17, 15) is 9.59 Å². The second-order valence-electron chi connectivity index (χ2n) is 8.19. The Morgan fingerprint density at radius 3 is 2.73 bits per heavy atom. The number of rotatable bonds is 6. The number of nitrogens with zero attached hydrogens (tertiary/aromatic N) is 2. The lowest BCUT2D eigenvalue weighted by molar-refractivity contribution is -0.110.